The number of aliphatic hydroxyl groups excluding tert-OH is 1. The standard InChI is InChI=1S/C38H58N12O16/c1-17(31(59)43-15-26(53)47-23(37(65)66)5-4-12-42-38(40)41)45-32(60)18(2)46-34(62)25(14-29(57)58)48-27(54)16-44-36(64)30(19(3)51)50-35(63)24(13-20-6-8-21(52)9-7-20)49-33(61)22(39)10-11-28(55)56/h6-9,17-19,22-25,30,51-52H,4-5,10-16,39H2,1-3H3,(H,43,59)(H,44,64)(H,45,60)(H,46,62)(H,47,53)(H,48,54)(H,49,61)(H,50,63)(H,55,56)(H,57,58)(H,65,66)(H4,40,41,42)/t17-,18-,19+,22-,23-,24-,25-,30-/m0/s1. The highest BCUT2D eigenvalue weighted by atomic mass is 16.4. The number of phenols is 1. The van der Waals surface area contributed by atoms with E-state index in [0.29, 0.717) is 5.56 Å². The van der Waals surface area contributed by atoms with Crippen LogP contribution in [0.25, 0.3) is 0 Å². The van der Waals surface area contributed by atoms with Gasteiger partial charge in [0.1, 0.15) is 42.0 Å². The molecule has 366 valence electrons. The number of carbonyl (C=O) groups is 11. The molecule has 0 aromatic heterocycles. The smallest absolute Gasteiger partial charge is 0.326 e. The van der Waals surface area contributed by atoms with Gasteiger partial charge in [-0.05, 0) is 57.7 Å². The van der Waals surface area contributed by atoms with Crippen LogP contribution in [0.5, 0.6) is 5.75 Å². The lowest BCUT2D eigenvalue weighted by molar-refractivity contribution is -0.142. The molecule has 66 heavy (non-hydrogen) atoms. The third kappa shape index (κ3) is 22.1. The second-order valence-corrected chi connectivity index (χ2v) is 14.8. The molecule has 0 unspecified atom stereocenters. The Kier molecular flexibility index (Phi) is 24.1. The van der Waals surface area contributed by atoms with Gasteiger partial charge in [-0.15, -0.1) is 0 Å². The van der Waals surface area contributed by atoms with Gasteiger partial charge < -0.3 is 84.9 Å². The van der Waals surface area contributed by atoms with Crippen LogP contribution < -0.4 is 59.3 Å². The van der Waals surface area contributed by atoms with Crippen molar-refractivity contribution in [3.8, 4) is 5.75 Å². The predicted molar refractivity (Wildman–Crippen MR) is 226 cm³/mol. The minimum atomic E-state index is -1.83. The number of carbonyl (C=O) groups excluding carboxylic acids is 8. The second kappa shape index (κ2) is 28.2. The highest BCUT2D eigenvalue weighted by Crippen LogP contribution is 2.12. The predicted octanol–water partition coefficient (Wildman–Crippen LogP) is -6.49. The van der Waals surface area contributed by atoms with Crippen LogP contribution in [0.4, 0.5) is 0 Å². The van der Waals surface area contributed by atoms with Crippen molar-refractivity contribution in [2.45, 2.75) is 108 Å². The van der Waals surface area contributed by atoms with Gasteiger partial charge in [-0.3, -0.25) is 53.4 Å². The lowest BCUT2D eigenvalue weighted by atomic mass is 10.0. The highest BCUT2D eigenvalue weighted by molar-refractivity contribution is 5.98. The molecule has 0 heterocycles. The van der Waals surface area contributed by atoms with Crippen LogP contribution in [-0.2, 0) is 59.2 Å². The molecule has 19 N–H and O–H groups in total. The van der Waals surface area contributed by atoms with Crippen molar-refractivity contribution >= 4 is 71.1 Å². The fourth-order valence-corrected chi connectivity index (χ4v) is 5.47. The maximum atomic E-state index is 13.4. The van der Waals surface area contributed by atoms with E-state index in [1.165, 1.54) is 31.2 Å². The van der Waals surface area contributed by atoms with Gasteiger partial charge in [-0.2, -0.15) is 0 Å². The van der Waals surface area contributed by atoms with Gasteiger partial charge in [-0.25, -0.2) is 4.79 Å². The maximum Gasteiger partial charge on any atom is 0.326 e. The Morgan fingerprint density at radius 2 is 1.15 bits per heavy atom. The summed E-state index contributed by atoms with van der Waals surface area (Å²) in [4.78, 5) is 137. The van der Waals surface area contributed by atoms with E-state index < -0.39 is 139 Å². The number of hydrogen-bond donors (Lipinski definition) is 17. The number of rotatable bonds is 29. The van der Waals surface area contributed by atoms with Gasteiger partial charge in [0.2, 0.25) is 47.3 Å². The number of aromatic hydroxyl groups is 1. The molecule has 0 aliphatic rings. The zero-order valence-electron chi connectivity index (χ0n) is 36.2. The molecular weight excluding hydrogens is 880 g/mol. The summed E-state index contributed by atoms with van der Waals surface area (Å²) in [7, 11) is 0. The number of carboxylic acid groups (broad SMARTS) is 3. The molecule has 8 amide bonds. The first-order valence-corrected chi connectivity index (χ1v) is 20.1. The third-order valence-corrected chi connectivity index (χ3v) is 9.08. The molecule has 0 aliphatic heterocycles. The Labute approximate surface area is 376 Å². The number of nitrogens with two attached hydrogens (primary N) is 2. The van der Waals surface area contributed by atoms with Crippen molar-refractivity contribution in [1.29, 1.82) is 5.41 Å². The molecule has 0 saturated carbocycles. The molecule has 0 spiro atoms. The van der Waals surface area contributed by atoms with Crippen molar-refractivity contribution in [2.24, 2.45) is 11.5 Å². The maximum absolute atomic E-state index is 13.4. The molecule has 1 aromatic carbocycles. The molecule has 0 fully saturated rings. The summed E-state index contributed by atoms with van der Waals surface area (Å²) < 4.78 is 0. The van der Waals surface area contributed by atoms with E-state index in [0.717, 1.165) is 13.8 Å². The first-order valence-electron chi connectivity index (χ1n) is 20.1. The average molecular weight is 939 g/mol. The molecule has 0 saturated heterocycles. The summed E-state index contributed by atoms with van der Waals surface area (Å²) in [5, 5.41) is 75.0. The number of carboxylic acids is 3. The largest absolute Gasteiger partial charge is 0.508 e. The van der Waals surface area contributed by atoms with Gasteiger partial charge in [0.15, 0.2) is 5.96 Å². The van der Waals surface area contributed by atoms with E-state index in [2.05, 4.69) is 47.9 Å². The summed E-state index contributed by atoms with van der Waals surface area (Å²) in [6.07, 6.45) is -3.41. The zero-order valence-corrected chi connectivity index (χ0v) is 36.2. The van der Waals surface area contributed by atoms with Crippen LogP contribution >= 0.6 is 0 Å². The first-order chi connectivity index (χ1) is 30.8. The number of guanidine groups is 1. The van der Waals surface area contributed by atoms with E-state index in [1.54, 1.807) is 0 Å². The minimum absolute atomic E-state index is 0.0288. The number of amides is 8. The van der Waals surface area contributed by atoms with Crippen molar-refractivity contribution in [3.05, 3.63) is 29.8 Å². The van der Waals surface area contributed by atoms with E-state index in [9.17, 15) is 73.2 Å². The molecule has 0 aliphatic carbocycles. The Bertz CT molecular complexity index is 1930. The number of phenolic OH excluding ortho intramolecular Hbond substituents is 1. The van der Waals surface area contributed by atoms with E-state index in [4.69, 9.17) is 22.0 Å². The van der Waals surface area contributed by atoms with Gasteiger partial charge in [0, 0.05) is 19.4 Å². The topological polar surface area (TPSA) is 473 Å². The molecule has 0 bridgehead atoms. The SMILES string of the molecule is C[C@H](NC(=O)[C@H](C)NC(=O)[C@H](CC(=O)O)NC(=O)CNC(=O)[C@@H](NC(=O)[C@H](Cc1ccc(O)cc1)NC(=O)[C@@H](N)CCC(=O)O)[C@@H](C)O)C(=O)NCC(=O)N[C@@H](CCCNC(=N)N)C(=O)O. The van der Waals surface area contributed by atoms with E-state index >= 15 is 0 Å². The molecule has 1 aromatic rings. The van der Waals surface area contributed by atoms with Crippen LogP contribution in [0.15, 0.2) is 24.3 Å². The Morgan fingerprint density at radius 3 is 1.68 bits per heavy atom. The van der Waals surface area contributed by atoms with Crippen LogP contribution in [-0.4, -0.2) is 165 Å². The number of aliphatic hydroxyl groups is 1. The molecular formula is C38H58N12O16. The quantitative estimate of drug-likeness (QED) is 0.0202. The van der Waals surface area contributed by atoms with E-state index in [-0.39, 0.29) is 43.9 Å². The minimum Gasteiger partial charge on any atom is -0.508 e. The lowest BCUT2D eigenvalue weighted by Gasteiger charge is -2.26. The van der Waals surface area contributed by atoms with Gasteiger partial charge >= 0.3 is 17.9 Å². The van der Waals surface area contributed by atoms with Gasteiger partial charge in [0.25, 0.3) is 0 Å². The normalized spacial score (nSPS) is 14.3. The second-order valence-electron chi connectivity index (χ2n) is 14.8. The fourth-order valence-electron chi connectivity index (χ4n) is 5.47. The average Bonchev–Trinajstić information content (AvgIpc) is 3.23. The van der Waals surface area contributed by atoms with Crippen molar-refractivity contribution in [1.82, 2.24) is 47.9 Å². The zero-order chi connectivity index (χ0) is 50.3. The Hall–Kier alpha value is -7.62. The van der Waals surface area contributed by atoms with Gasteiger partial charge in [0.05, 0.1) is 31.7 Å². The summed E-state index contributed by atoms with van der Waals surface area (Å²) in [6, 6.07) is -5.05. The Balaban J connectivity index is 2.87. The molecule has 8 atom stereocenters. The fraction of sp³-hybridized carbons (Fsp3) is 0.526. The molecule has 28 nitrogen and oxygen atoms in total. The summed E-state index contributed by atoms with van der Waals surface area (Å²) in [6.45, 7) is 2.03. The summed E-state index contributed by atoms with van der Waals surface area (Å²) in [5.74, 6) is -12.7. The number of nitrogens with one attached hydrogen (secondary N) is 10. The third-order valence-electron chi connectivity index (χ3n) is 9.08. The van der Waals surface area contributed by atoms with Crippen molar-refractivity contribution < 1.29 is 78.3 Å². The van der Waals surface area contributed by atoms with Crippen LogP contribution in [0.1, 0.15) is 58.4 Å². The van der Waals surface area contributed by atoms with E-state index in [1.807, 2.05) is 0 Å². The van der Waals surface area contributed by atoms with Crippen LogP contribution in [0.2, 0.25) is 0 Å². The molecule has 1 rings (SSSR count). The Morgan fingerprint density at radius 1 is 0.621 bits per heavy atom. The van der Waals surface area contributed by atoms with Crippen LogP contribution in [0.3, 0.4) is 0 Å². The van der Waals surface area contributed by atoms with Crippen molar-refractivity contribution in [2.75, 3.05) is 19.6 Å². The van der Waals surface area contributed by atoms with Crippen LogP contribution in [0, 0.1) is 5.41 Å². The van der Waals surface area contributed by atoms with Gasteiger partial charge in [-0.1, -0.05) is 12.1 Å². The monoisotopic (exact) mass is 938 g/mol. The lowest BCUT2D eigenvalue weighted by Crippen LogP contribution is -2.60. The molecule has 0 radical (unpaired) electrons. The summed E-state index contributed by atoms with van der Waals surface area (Å²) >= 11 is 0. The summed E-state index contributed by atoms with van der Waals surface area (Å²) in [5.41, 5.74) is 11.4. The number of aliphatic carboxylic acids is 3. The number of benzene rings is 1. The highest BCUT2D eigenvalue weighted by Gasteiger charge is 2.33. The first kappa shape index (κ1) is 56.4. The van der Waals surface area contributed by atoms with Crippen molar-refractivity contribution in [3.63, 3.8) is 0 Å². The number of hydrogen-bond acceptors (Lipinski definition) is 15. The molecule has 28 heteroatoms.